The lowest BCUT2D eigenvalue weighted by Gasteiger charge is -2.24. The van der Waals surface area contributed by atoms with Crippen molar-refractivity contribution in [3.05, 3.63) is 34.3 Å². The molecule has 1 atom stereocenters. The van der Waals surface area contributed by atoms with Gasteiger partial charge in [0.1, 0.15) is 11.6 Å². The first-order valence-electron chi connectivity index (χ1n) is 9.26. The molecule has 1 saturated carbocycles. The van der Waals surface area contributed by atoms with Gasteiger partial charge in [-0.25, -0.2) is 4.98 Å². The lowest BCUT2D eigenvalue weighted by molar-refractivity contribution is -0.132. The maximum Gasteiger partial charge on any atom is 0.264 e. The summed E-state index contributed by atoms with van der Waals surface area (Å²) in [5.74, 6) is -2.10. The van der Waals surface area contributed by atoms with Crippen molar-refractivity contribution in [2.45, 2.75) is 32.1 Å². The maximum atomic E-state index is 13.1. The zero-order valence-corrected chi connectivity index (χ0v) is 10.9. The standard InChI is InChI=1S/C15H15N3O3/c1-8-17-11-4-2-3-10(16)14(11)15(21)18(8)12-6-5-9(19)7-13(12)20/h2-4,12H,5-7,16H2,1H3/i1D3,2D,3D,12D. The van der Waals surface area contributed by atoms with E-state index in [9.17, 15) is 14.4 Å². The van der Waals surface area contributed by atoms with Crippen molar-refractivity contribution in [3.8, 4) is 0 Å². The van der Waals surface area contributed by atoms with Gasteiger partial charge in [-0.05, 0) is 25.4 Å². The molecule has 108 valence electrons. The summed E-state index contributed by atoms with van der Waals surface area (Å²) < 4.78 is 47.5. The Morgan fingerprint density at radius 1 is 1.52 bits per heavy atom. The molecule has 0 amide bonds. The van der Waals surface area contributed by atoms with Gasteiger partial charge in [-0.1, -0.05) is 6.04 Å². The van der Waals surface area contributed by atoms with Crippen LogP contribution in [0.1, 0.15) is 39.3 Å². The van der Waals surface area contributed by atoms with Crippen LogP contribution in [0.15, 0.2) is 22.9 Å². The maximum absolute atomic E-state index is 13.1. The lowest BCUT2D eigenvalue weighted by Crippen LogP contribution is -2.36. The minimum absolute atomic E-state index is 0.162. The van der Waals surface area contributed by atoms with Crippen LogP contribution in [0, 0.1) is 6.85 Å². The van der Waals surface area contributed by atoms with Crippen LogP contribution in [0.25, 0.3) is 10.9 Å². The Morgan fingerprint density at radius 3 is 3.05 bits per heavy atom. The number of nitrogens with two attached hydrogens (primary N) is 1. The molecular formula is C15H15N3O3. The van der Waals surface area contributed by atoms with Crippen molar-refractivity contribution >= 4 is 28.2 Å². The number of hydrogen-bond donors (Lipinski definition) is 1. The van der Waals surface area contributed by atoms with Gasteiger partial charge in [0.2, 0.25) is 0 Å². The monoisotopic (exact) mass is 291 g/mol. The molecule has 0 radical (unpaired) electrons. The quantitative estimate of drug-likeness (QED) is 0.628. The average molecular weight is 291 g/mol. The van der Waals surface area contributed by atoms with E-state index in [2.05, 4.69) is 4.98 Å². The molecule has 0 spiro atoms. The first-order valence-corrected chi connectivity index (χ1v) is 6.26. The molecule has 1 aliphatic carbocycles. The molecule has 3 rings (SSSR count). The highest BCUT2D eigenvalue weighted by atomic mass is 16.2. The number of carbonyl (C=O) groups is 2. The number of anilines is 1. The van der Waals surface area contributed by atoms with E-state index in [0.717, 1.165) is 6.07 Å². The number of fused-ring (bicyclic) bond motifs is 1. The molecule has 0 aliphatic heterocycles. The third-order valence-corrected chi connectivity index (χ3v) is 3.39. The van der Waals surface area contributed by atoms with Gasteiger partial charge in [0, 0.05) is 16.2 Å². The second kappa shape index (κ2) is 4.80. The number of ketones is 2. The smallest absolute Gasteiger partial charge is 0.264 e. The number of rotatable bonds is 1. The highest BCUT2D eigenvalue weighted by Gasteiger charge is 2.30. The molecule has 0 saturated heterocycles. The molecular weight excluding hydrogens is 270 g/mol. The largest absolute Gasteiger partial charge is 0.398 e. The molecule has 1 aliphatic rings. The van der Waals surface area contributed by atoms with E-state index in [4.69, 9.17) is 14.0 Å². The van der Waals surface area contributed by atoms with E-state index in [0.29, 0.717) is 4.57 Å². The van der Waals surface area contributed by atoms with E-state index >= 15 is 0 Å². The fourth-order valence-corrected chi connectivity index (χ4v) is 2.39. The highest BCUT2D eigenvalue weighted by molar-refractivity contribution is 6.03. The lowest BCUT2D eigenvalue weighted by atomic mass is 9.92. The summed E-state index contributed by atoms with van der Waals surface area (Å²) in [5.41, 5.74) is 4.13. The molecule has 1 aromatic carbocycles. The molecule has 2 aromatic rings. The van der Waals surface area contributed by atoms with Gasteiger partial charge in [0.15, 0.2) is 5.78 Å². The SMILES string of the molecule is [2H]c1cc2nc(C([2H])([2H])[2H])n(C3([2H])CCC(=O)CC3=O)c(=O)c2c(N)c1[2H]. The number of Topliss-reactive ketones (excluding diaryl/α,β-unsaturated/α-hetero) is 2. The van der Waals surface area contributed by atoms with Gasteiger partial charge in [-0.15, -0.1) is 0 Å². The molecule has 1 aromatic heterocycles. The molecule has 21 heavy (non-hydrogen) atoms. The number of hydrogen-bond acceptors (Lipinski definition) is 5. The van der Waals surface area contributed by atoms with Crippen LogP contribution < -0.4 is 11.3 Å². The Hall–Kier alpha value is -2.50. The van der Waals surface area contributed by atoms with E-state index < -0.39 is 48.3 Å². The predicted molar refractivity (Wildman–Crippen MR) is 78.1 cm³/mol. The van der Waals surface area contributed by atoms with Crippen molar-refractivity contribution in [1.29, 1.82) is 0 Å². The topological polar surface area (TPSA) is 95.0 Å². The first kappa shape index (κ1) is 8.07. The predicted octanol–water partition coefficient (Wildman–Crippen LogP) is 1.15. The van der Waals surface area contributed by atoms with Crippen LogP contribution in [-0.4, -0.2) is 21.1 Å². The summed E-state index contributed by atoms with van der Waals surface area (Å²) in [7, 11) is 0. The van der Waals surface area contributed by atoms with Crippen molar-refractivity contribution in [2.24, 2.45) is 0 Å². The minimum atomic E-state index is -2.94. The van der Waals surface area contributed by atoms with Crippen LogP contribution >= 0.6 is 0 Å². The Balaban J connectivity index is 2.47. The second-order valence-corrected chi connectivity index (χ2v) is 4.75. The highest BCUT2D eigenvalue weighted by Crippen LogP contribution is 2.24. The van der Waals surface area contributed by atoms with Gasteiger partial charge < -0.3 is 5.73 Å². The summed E-state index contributed by atoms with van der Waals surface area (Å²) in [6, 6.07) is -2.07. The summed E-state index contributed by atoms with van der Waals surface area (Å²) in [6.45, 7) is -2.94. The number of nitrogens with zero attached hydrogens (tertiary/aromatic N) is 2. The molecule has 6 nitrogen and oxygen atoms in total. The van der Waals surface area contributed by atoms with Crippen LogP contribution in [0.3, 0.4) is 0 Å². The molecule has 1 heterocycles. The Kier molecular flexibility index (Phi) is 1.84. The van der Waals surface area contributed by atoms with Crippen LogP contribution in [-0.2, 0) is 9.59 Å². The summed E-state index contributed by atoms with van der Waals surface area (Å²) in [4.78, 5) is 41.0. The molecule has 1 unspecified atom stereocenters. The molecule has 2 N–H and O–H groups in total. The Labute approximate surface area is 129 Å². The van der Waals surface area contributed by atoms with E-state index in [1.807, 2.05) is 0 Å². The molecule has 1 fully saturated rings. The van der Waals surface area contributed by atoms with Gasteiger partial charge in [-0.2, -0.15) is 0 Å². The van der Waals surface area contributed by atoms with Crippen LogP contribution in [0.2, 0.25) is 0 Å². The number of aryl methyl sites for hydroxylation is 1. The third-order valence-electron chi connectivity index (χ3n) is 3.39. The van der Waals surface area contributed by atoms with E-state index in [-0.39, 0.29) is 35.5 Å². The van der Waals surface area contributed by atoms with Crippen molar-refractivity contribution < 1.29 is 17.8 Å². The molecule has 6 heteroatoms. The number of benzene rings is 1. The normalized spacial score (nSPS) is 27.4. The van der Waals surface area contributed by atoms with E-state index in [1.165, 1.54) is 0 Å². The zero-order chi connectivity index (χ0) is 20.3. The second-order valence-electron chi connectivity index (χ2n) is 4.75. The first-order chi connectivity index (χ1) is 12.4. The van der Waals surface area contributed by atoms with Crippen molar-refractivity contribution in [3.63, 3.8) is 0 Å². The summed E-state index contributed by atoms with van der Waals surface area (Å²) in [6.07, 6.45) is -1.12. The van der Waals surface area contributed by atoms with Gasteiger partial charge >= 0.3 is 0 Å². The average Bonchev–Trinajstić information content (AvgIpc) is 2.55. The van der Waals surface area contributed by atoms with E-state index in [1.54, 1.807) is 0 Å². The fraction of sp³-hybridized carbons (Fsp3) is 0.333. The summed E-state index contributed by atoms with van der Waals surface area (Å²) >= 11 is 0. The fourth-order valence-electron chi connectivity index (χ4n) is 2.39. The van der Waals surface area contributed by atoms with Crippen LogP contribution in [0.5, 0.6) is 0 Å². The zero-order valence-electron chi connectivity index (χ0n) is 16.9. The third kappa shape index (κ3) is 2.12. The van der Waals surface area contributed by atoms with Gasteiger partial charge in [0.25, 0.3) is 5.56 Å². The van der Waals surface area contributed by atoms with Crippen molar-refractivity contribution in [2.75, 3.05) is 5.73 Å². The van der Waals surface area contributed by atoms with Gasteiger partial charge in [0.05, 0.1) is 27.5 Å². The van der Waals surface area contributed by atoms with Gasteiger partial charge in [-0.3, -0.25) is 19.0 Å². The summed E-state index contributed by atoms with van der Waals surface area (Å²) in [5, 5.41) is -0.333. The number of aromatic nitrogens is 2. The number of nitrogen functional groups attached to an aromatic ring is 1. The Morgan fingerprint density at radius 2 is 2.33 bits per heavy atom. The minimum Gasteiger partial charge on any atom is -0.398 e. The Bertz CT molecular complexity index is 1060. The van der Waals surface area contributed by atoms with Crippen molar-refractivity contribution in [1.82, 2.24) is 9.55 Å². The number of carbonyl (C=O) groups excluding carboxylic acids is 2. The molecule has 0 bridgehead atoms. The van der Waals surface area contributed by atoms with Crippen LogP contribution in [0.4, 0.5) is 5.69 Å².